The summed E-state index contributed by atoms with van der Waals surface area (Å²) in [5, 5.41) is 13.6. The number of benzene rings is 1. The van der Waals surface area contributed by atoms with E-state index < -0.39 is 0 Å². The SMILES string of the molecule is CC.CC(C)C(C(=O)N1CCCC1C)c1cn(N(C)C)o1.Cc1nccnc1-c1ccc(C(CO)NC=O)cc1. The van der Waals surface area contributed by atoms with Crippen LogP contribution in [0.1, 0.15) is 76.4 Å². The topological polar surface area (TPSA) is 117 Å². The van der Waals surface area contributed by atoms with Crippen LogP contribution in [0.4, 0.5) is 0 Å². The van der Waals surface area contributed by atoms with E-state index in [4.69, 9.17) is 4.52 Å². The Morgan fingerprint density at radius 3 is 2.30 bits per heavy atom. The van der Waals surface area contributed by atoms with Crippen molar-refractivity contribution in [1.29, 1.82) is 0 Å². The Hall–Kier alpha value is -3.66. The van der Waals surface area contributed by atoms with Crippen LogP contribution in [0.5, 0.6) is 0 Å². The first-order valence-corrected chi connectivity index (χ1v) is 14.0. The van der Waals surface area contributed by atoms with Gasteiger partial charge >= 0.3 is 0 Å². The molecule has 1 aromatic carbocycles. The molecule has 10 heteroatoms. The van der Waals surface area contributed by atoms with E-state index in [0.29, 0.717) is 12.5 Å². The summed E-state index contributed by atoms with van der Waals surface area (Å²) in [6.07, 6.45) is 8.02. The average Bonchev–Trinajstić information content (AvgIpc) is 3.36. The quantitative estimate of drug-likeness (QED) is 0.379. The standard InChI is InChI=1S/C14H25N3O2.C14H15N3O2.C2H6/c1-10(2)13(12-9-17(19-12)15(4)5)14(18)16-8-6-7-11(16)3;1-10-14(16-7-6-15-10)12-4-2-11(3-5-12)13(8-18)17-9-19;1-2/h9-11,13H,6-8H2,1-5H3;2-7,9,13,18H,8H2,1H3,(H,17,19);1-2H3. The van der Waals surface area contributed by atoms with E-state index in [0.717, 1.165) is 47.7 Å². The first-order valence-electron chi connectivity index (χ1n) is 14.0. The minimum Gasteiger partial charge on any atom is -0.394 e. The van der Waals surface area contributed by atoms with Gasteiger partial charge in [0, 0.05) is 44.6 Å². The molecular weight excluding hydrogens is 508 g/mol. The minimum atomic E-state index is -0.380. The third-order valence-electron chi connectivity index (χ3n) is 6.83. The first-order chi connectivity index (χ1) is 19.2. The van der Waals surface area contributed by atoms with Crippen LogP contribution < -0.4 is 10.3 Å². The van der Waals surface area contributed by atoms with E-state index >= 15 is 0 Å². The second kappa shape index (κ2) is 15.8. The highest BCUT2D eigenvalue weighted by atomic mass is 16.5. The van der Waals surface area contributed by atoms with Gasteiger partial charge in [-0.15, -0.1) is 4.85 Å². The van der Waals surface area contributed by atoms with Gasteiger partial charge in [0.1, 0.15) is 12.1 Å². The van der Waals surface area contributed by atoms with Crippen LogP contribution in [-0.4, -0.2) is 70.4 Å². The van der Waals surface area contributed by atoms with Crippen LogP contribution >= 0.6 is 0 Å². The third kappa shape index (κ3) is 8.17. The molecule has 3 atom stereocenters. The number of aliphatic hydroxyl groups is 1. The van der Waals surface area contributed by atoms with Crippen LogP contribution in [0.15, 0.2) is 47.4 Å². The molecule has 0 spiro atoms. The Bertz CT molecular complexity index is 1160. The molecule has 2 N–H and O–H groups in total. The molecule has 2 aromatic heterocycles. The number of nitrogens with one attached hydrogen (secondary N) is 1. The van der Waals surface area contributed by atoms with Gasteiger partial charge in [0.25, 0.3) is 0 Å². The van der Waals surface area contributed by atoms with E-state index in [1.807, 2.05) is 75.2 Å². The van der Waals surface area contributed by atoms with E-state index in [9.17, 15) is 14.7 Å². The number of likely N-dealkylation sites (tertiary alicyclic amines) is 1. The summed E-state index contributed by atoms with van der Waals surface area (Å²) >= 11 is 0. The van der Waals surface area contributed by atoms with Crippen molar-refractivity contribution < 1.29 is 19.2 Å². The molecule has 3 heterocycles. The summed E-state index contributed by atoms with van der Waals surface area (Å²) < 4.78 is 5.61. The van der Waals surface area contributed by atoms with Gasteiger partial charge in [-0.25, -0.2) is 0 Å². The number of hydrogen-bond acceptors (Lipinski definition) is 7. The Kier molecular flexibility index (Phi) is 12.9. The Morgan fingerprint density at radius 2 is 1.82 bits per heavy atom. The van der Waals surface area contributed by atoms with E-state index in [2.05, 4.69) is 36.1 Å². The highest BCUT2D eigenvalue weighted by Crippen LogP contribution is 2.31. The van der Waals surface area contributed by atoms with Gasteiger partial charge in [0.05, 0.1) is 24.0 Å². The lowest BCUT2D eigenvalue weighted by Gasteiger charge is -2.30. The number of carbonyl (C=O) groups excluding carboxylic acids is 2. The van der Waals surface area contributed by atoms with Gasteiger partial charge in [-0.3, -0.25) is 24.6 Å². The molecule has 3 aromatic rings. The van der Waals surface area contributed by atoms with Gasteiger partial charge in [-0.1, -0.05) is 52.0 Å². The van der Waals surface area contributed by atoms with Crippen LogP contribution in [0.3, 0.4) is 0 Å². The lowest BCUT2D eigenvalue weighted by atomic mass is 9.91. The lowest BCUT2D eigenvalue weighted by Crippen LogP contribution is -2.40. The largest absolute Gasteiger partial charge is 0.394 e. The maximum Gasteiger partial charge on any atom is 0.233 e. The third-order valence-corrected chi connectivity index (χ3v) is 6.83. The number of amides is 2. The lowest BCUT2D eigenvalue weighted by molar-refractivity contribution is -0.135. The van der Waals surface area contributed by atoms with Crippen molar-refractivity contribution >= 4 is 12.3 Å². The molecule has 10 nitrogen and oxygen atoms in total. The average molecular weight is 555 g/mol. The van der Waals surface area contributed by atoms with E-state index in [-0.39, 0.29) is 30.4 Å². The molecule has 1 aliphatic rings. The van der Waals surface area contributed by atoms with Crippen molar-refractivity contribution in [3.8, 4) is 11.3 Å². The molecule has 0 radical (unpaired) electrons. The molecule has 0 aliphatic carbocycles. The molecule has 40 heavy (non-hydrogen) atoms. The summed E-state index contributed by atoms with van der Waals surface area (Å²) in [6.45, 7) is 12.9. The molecule has 4 rings (SSSR count). The Labute approximate surface area is 238 Å². The molecule has 1 saturated heterocycles. The molecule has 0 saturated carbocycles. The first kappa shape index (κ1) is 32.6. The van der Waals surface area contributed by atoms with Crippen molar-refractivity contribution in [3.63, 3.8) is 0 Å². The molecular formula is C30H46N6O4. The highest BCUT2D eigenvalue weighted by Gasteiger charge is 2.36. The summed E-state index contributed by atoms with van der Waals surface area (Å²) in [7, 11) is 3.81. The van der Waals surface area contributed by atoms with E-state index in [1.54, 1.807) is 17.2 Å². The fraction of sp³-hybridized carbons (Fsp3) is 0.533. The number of hydrogen-bond donors (Lipinski definition) is 2. The zero-order chi connectivity index (χ0) is 29.8. The maximum absolute atomic E-state index is 12.7. The second-order valence-corrected chi connectivity index (χ2v) is 10.1. The number of nitrogens with zero attached hydrogens (tertiary/aromatic N) is 5. The summed E-state index contributed by atoms with van der Waals surface area (Å²) in [5.41, 5.74) is 3.50. The van der Waals surface area contributed by atoms with Crippen molar-refractivity contribution in [3.05, 3.63) is 59.9 Å². The second-order valence-electron chi connectivity index (χ2n) is 10.1. The fourth-order valence-electron chi connectivity index (χ4n) is 4.63. The predicted octanol–water partition coefficient (Wildman–Crippen LogP) is 4.29. The summed E-state index contributed by atoms with van der Waals surface area (Å²) in [4.78, 5) is 35.3. The number of carbonyl (C=O) groups is 2. The smallest absolute Gasteiger partial charge is 0.233 e. The molecule has 3 unspecified atom stereocenters. The molecule has 2 amide bonds. The van der Waals surface area contributed by atoms with Gasteiger partial charge in [-0.2, -0.15) is 0 Å². The monoisotopic (exact) mass is 554 g/mol. The summed E-state index contributed by atoms with van der Waals surface area (Å²) in [6, 6.07) is 7.51. The normalized spacial score (nSPS) is 15.8. The molecule has 220 valence electrons. The van der Waals surface area contributed by atoms with Crippen molar-refractivity contribution in [1.82, 2.24) is 25.0 Å². The number of aromatic nitrogens is 3. The van der Waals surface area contributed by atoms with Gasteiger partial charge < -0.3 is 19.8 Å². The zero-order valence-corrected chi connectivity index (χ0v) is 25.2. The Balaban J connectivity index is 0.000000264. The number of aryl methyl sites for hydroxylation is 1. The minimum absolute atomic E-state index is 0.137. The fourth-order valence-corrected chi connectivity index (χ4v) is 4.63. The van der Waals surface area contributed by atoms with Gasteiger partial charge in [0.15, 0.2) is 5.76 Å². The van der Waals surface area contributed by atoms with Crippen LogP contribution in [0, 0.1) is 12.8 Å². The number of aliphatic hydroxyl groups excluding tert-OH is 1. The van der Waals surface area contributed by atoms with Crippen LogP contribution in [0.25, 0.3) is 11.3 Å². The van der Waals surface area contributed by atoms with Crippen molar-refractivity contribution in [2.45, 2.75) is 72.4 Å². The van der Waals surface area contributed by atoms with Crippen LogP contribution in [-0.2, 0) is 9.59 Å². The molecule has 1 fully saturated rings. The Morgan fingerprint density at radius 1 is 1.20 bits per heavy atom. The van der Waals surface area contributed by atoms with Crippen molar-refractivity contribution in [2.24, 2.45) is 5.92 Å². The summed E-state index contributed by atoms with van der Waals surface area (Å²) in [5.74, 6) is 1.09. The van der Waals surface area contributed by atoms with Crippen LogP contribution in [0.2, 0.25) is 0 Å². The zero-order valence-electron chi connectivity index (χ0n) is 25.2. The predicted molar refractivity (Wildman–Crippen MR) is 157 cm³/mol. The highest BCUT2D eigenvalue weighted by molar-refractivity contribution is 5.83. The van der Waals surface area contributed by atoms with Gasteiger partial charge in [-0.05, 0) is 38.2 Å². The molecule has 0 bridgehead atoms. The van der Waals surface area contributed by atoms with E-state index in [1.165, 1.54) is 0 Å². The number of rotatable bonds is 9. The maximum atomic E-state index is 12.7. The molecule has 1 aliphatic heterocycles. The van der Waals surface area contributed by atoms with Crippen molar-refractivity contribution in [2.75, 3.05) is 32.3 Å². The van der Waals surface area contributed by atoms with Gasteiger partial charge in [0.2, 0.25) is 12.3 Å².